The summed E-state index contributed by atoms with van der Waals surface area (Å²) in [6.07, 6.45) is 4.15. The summed E-state index contributed by atoms with van der Waals surface area (Å²) in [5, 5.41) is 16.0. The van der Waals surface area contributed by atoms with Crippen molar-refractivity contribution in [3.8, 4) is 0 Å². The second-order valence-corrected chi connectivity index (χ2v) is 4.38. The SMILES string of the molecule is CN(CCn1cc(C(=O)O)nn1)CC1CC1. The Morgan fingerprint density at radius 1 is 1.69 bits per heavy atom. The van der Waals surface area contributed by atoms with Gasteiger partial charge in [-0.3, -0.25) is 4.68 Å². The molecule has 0 bridgehead atoms. The van der Waals surface area contributed by atoms with Crippen molar-refractivity contribution in [1.82, 2.24) is 19.9 Å². The van der Waals surface area contributed by atoms with Crippen LogP contribution in [0.5, 0.6) is 0 Å². The van der Waals surface area contributed by atoms with E-state index in [0.717, 1.165) is 19.0 Å². The molecule has 16 heavy (non-hydrogen) atoms. The molecule has 0 aromatic carbocycles. The maximum Gasteiger partial charge on any atom is 0.358 e. The predicted molar refractivity (Wildman–Crippen MR) is 57.2 cm³/mol. The van der Waals surface area contributed by atoms with E-state index in [0.29, 0.717) is 6.54 Å². The van der Waals surface area contributed by atoms with Crippen molar-refractivity contribution >= 4 is 5.97 Å². The lowest BCUT2D eigenvalue weighted by Crippen LogP contribution is -2.25. The van der Waals surface area contributed by atoms with Crippen molar-refractivity contribution in [2.45, 2.75) is 19.4 Å². The van der Waals surface area contributed by atoms with Crippen LogP contribution in [0.25, 0.3) is 0 Å². The third-order valence-electron chi connectivity index (χ3n) is 2.74. The molecule has 6 heteroatoms. The first kappa shape index (κ1) is 11.1. The van der Waals surface area contributed by atoms with Crippen LogP contribution in [0.3, 0.4) is 0 Å². The highest BCUT2D eigenvalue weighted by molar-refractivity contribution is 5.84. The van der Waals surface area contributed by atoms with Gasteiger partial charge in [-0.05, 0) is 25.8 Å². The van der Waals surface area contributed by atoms with E-state index in [9.17, 15) is 4.79 Å². The molecular formula is C10H16N4O2. The maximum atomic E-state index is 10.6. The smallest absolute Gasteiger partial charge is 0.358 e. The highest BCUT2D eigenvalue weighted by Crippen LogP contribution is 2.29. The molecule has 1 fully saturated rings. The van der Waals surface area contributed by atoms with Gasteiger partial charge in [0.1, 0.15) is 0 Å². The van der Waals surface area contributed by atoms with Gasteiger partial charge in [-0.15, -0.1) is 5.10 Å². The van der Waals surface area contributed by atoms with Crippen molar-refractivity contribution in [3.63, 3.8) is 0 Å². The Balaban J connectivity index is 1.76. The minimum absolute atomic E-state index is 0.00449. The number of hydrogen-bond acceptors (Lipinski definition) is 4. The van der Waals surface area contributed by atoms with Gasteiger partial charge in [0.2, 0.25) is 0 Å². The summed E-state index contributed by atoms with van der Waals surface area (Å²) in [7, 11) is 2.08. The minimum atomic E-state index is -1.03. The average molecular weight is 224 g/mol. The van der Waals surface area contributed by atoms with E-state index in [4.69, 9.17) is 5.11 Å². The molecule has 0 spiro atoms. The van der Waals surface area contributed by atoms with Gasteiger partial charge in [-0.1, -0.05) is 5.21 Å². The first-order chi connectivity index (χ1) is 7.65. The van der Waals surface area contributed by atoms with Gasteiger partial charge in [0.15, 0.2) is 5.69 Å². The van der Waals surface area contributed by atoms with Crippen LogP contribution in [0.15, 0.2) is 6.20 Å². The molecule has 1 aliphatic rings. The van der Waals surface area contributed by atoms with E-state index in [1.807, 2.05) is 0 Å². The molecule has 2 rings (SSSR count). The van der Waals surface area contributed by atoms with Gasteiger partial charge < -0.3 is 10.0 Å². The Hall–Kier alpha value is -1.43. The zero-order chi connectivity index (χ0) is 11.5. The fourth-order valence-electron chi connectivity index (χ4n) is 1.61. The molecule has 88 valence electrons. The molecule has 0 unspecified atom stereocenters. The molecule has 0 atom stereocenters. The monoisotopic (exact) mass is 224 g/mol. The summed E-state index contributed by atoms with van der Waals surface area (Å²) < 4.78 is 1.58. The Morgan fingerprint density at radius 3 is 3.00 bits per heavy atom. The molecule has 1 aromatic heterocycles. The van der Waals surface area contributed by atoms with Gasteiger partial charge in [-0.25, -0.2) is 4.79 Å². The highest BCUT2D eigenvalue weighted by atomic mass is 16.4. The summed E-state index contributed by atoms with van der Waals surface area (Å²) in [5.41, 5.74) is 0.00449. The Labute approximate surface area is 93.9 Å². The lowest BCUT2D eigenvalue weighted by molar-refractivity contribution is 0.0690. The number of carbonyl (C=O) groups is 1. The molecule has 1 saturated carbocycles. The van der Waals surface area contributed by atoms with Gasteiger partial charge in [-0.2, -0.15) is 0 Å². The summed E-state index contributed by atoms with van der Waals surface area (Å²) in [6.45, 7) is 2.68. The lowest BCUT2D eigenvalue weighted by atomic mass is 10.4. The molecule has 1 aliphatic carbocycles. The fourth-order valence-corrected chi connectivity index (χ4v) is 1.61. The number of carboxylic acids is 1. The van der Waals surface area contributed by atoms with Crippen LogP contribution >= 0.6 is 0 Å². The number of rotatable bonds is 6. The third kappa shape index (κ3) is 3.03. The number of likely N-dealkylation sites (N-methyl/N-ethyl adjacent to an activating group) is 1. The van der Waals surface area contributed by atoms with E-state index in [-0.39, 0.29) is 5.69 Å². The van der Waals surface area contributed by atoms with Gasteiger partial charge >= 0.3 is 5.97 Å². The van der Waals surface area contributed by atoms with Crippen molar-refractivity contribution in [2.75, 3.05) is 20.1 Å². The molecule has 1 N–H and O–H groups in total. The maximum absolute atomic E-state index is 10.6. The predicted octanol–water partition coefficient (Wildman–Crippen LogP) is 0.318. The average Bonchev–Trinajstić information content (AvgIpc) is 2.91. The fraction of sp³-hybridized carbons (Fsp3) is 0.700. The summed E-state index contributed by atoms with van der Waals surface area (Å²) in [5.74, 6) is -0.159. The van der Waals surface area contributed by atoms with Crippen LogP contribution in [0.4, 0.5) is 0 Å². The largest absolute Gasteiger partial charge is 0.476 e. The topological polar surface area (TPSA) is 71.2 Å². The number of nitrogens with zero attached hydrogens (tertiary/aromatic N) is 4. The number of hydrogen-bond donors (Lipinski definition) is 1. The van der Waals surface area contributed by atoms with Gasteiger partial charge in [0.05, 0.1) is 12.7 Å². The quantitative estimate of drug-likeness (QED) is 0.753. The molecule has 6 nitrogen and oxygen atoms in total. The molecule has 1 aromatic rings. The van der Waals surface area contributed by atoms with E-state index in [1.165, 1.54) is 19.0 Å². The molecule has 0 saturated heterocycles. The molecule has 1 heterocycles. The van der Waals surface area contributed by atoms with E-state index >= 15 is 0 Å². The van der Waals surface area contributed by atoms with E-state index in [1.54, 1.807) is 4.68 Å². The zero-order valence-corrected chi connectivity index (χ0v) is 9.33. The van der Waals surface area contributed by atoms with Crippen molar-refractivity contribution < 1.29 is 9.90 Å². The molecule has 0 radical (unpaired) electrons. The van der Waals surface area contributed by atoms with Crippen molar-refractivity contribution in [1.29, 1.82) is 0 Å². The summed E-state index contributed by atoms with van der Waals surface area (Å²) in [6, 6.07) is 0. The summed E-state index contributed by atoms with van der Waals surface area (Å²) >= 11 is 0. The zero-order valence-electron chi connectivity index (χ0n) is 9.33. The minimum Gasteiger partial charge on any atom is -0.476 e. The standard InChI is InChI=1S/C10H16N4O2/c1-13(6-8-2-3-8)4-5-14-7-9(10(15)16)11-12-14/h7-8H,2-6H2,1H3,(H,15,16). The number of carboxylic acid groups (broad SMARTS) is 1. The van der Waals surface area contributed by atoms with Gasteiger partial charge in [0, 0.05) is 13.1 Å². The Kier molecular flexibility index (Phi) is 3.19. The van der Waals surface area contributed by atoms with E-state index < -0.39 is 5.97 Å². The van der Waals surface area contributed by atoms with Gasteiger partial charge in [0.25, 0.3) is 0 Å². The van der Waals surface area contributed by atoms with Crippen LogP contribution < -0.4 is 0 Å². The summed E-state index contributed by atoms with van der Waals surface area (Å²) in [4.78, 5) is 12.8. The number of aromatic nitrogens is 3. The number of aromatic carboxylic acids is 1. The van der Waals surface area contributed by atoms with Crippen LogP contribution in [0, 0.1) is 5.92 Å². The van der Waals surface area contributed by atoms with Crippen molar-refractivity contribution in [2.24, 2.45) is 5.92 Å². The second-order valence-electron chi connectivity index (χ2n) is 4.38. The van der Waals surface area contributed by atoms with Crippen LogP contribution in [0.2, 0.25) is 0 Å². The van der Waals surface area contributed by atoms with Crippen LogP contribution in [-0.2, 0) is 6.54 Å². The van der Waals surface area contributed by atoms with Crippen LogP contribution in [-0.4, -0.2) is 51.1 Å². The first-order valence-corrected chi connectivity index (χ1v) is 5.47. The van der Waals surface area contributed by atoms with Crippen LogP contribution in [0.1, 0.15) is 23.3 Å². The molecule has 0 aliphatic heterocycles. The normalized spacial score (nSPS) is 15.6. The van der Waals surface area contributed by atoms with E-state index in [2.05, 4.69) is 22.3 Å². The third-order valence-corrected chi connectivity index (χ3v) is 2.74. The Morgan fingerprint density at radius 2 is 2.44 bits per heavy atom. The Bertz CT molecular complexity index is 373. The molecule has 0 amide bonds. The second kappa shape index (κ2) is 4.61. The first-order valence-electron chi connectivity index (χ1n) is 5.47. The van der Waals surface area contributed by atoms with Crippen molar-refractivity contribution in [3.05, 3.63) is 11.9 Å². The molecular weight excluding hydrogens is 208 g/mol. The lowest BCUT2D eigenvalue weighted by Gasteiger charge is -2.15. The highest BCUT2D eigenvalue weighted by Gasteiger charge is 2.22.